The number of aromatic nitrogens is 3. The zero-order valence-corrected chi connectivity index (χ0v) is 8.39. The molecule has 1 atom stereocenters. The maximum Gasteiger partial charge on any atom is 0.0996 e. The summed E-state index contributed by atoms with van der Waals surface area (Å²) >= 11 is 0. The van der Waals surface area contributed by atoms with Gasteiger partial charge in [0.05, 0.1) is 11.7 Å². The van der Waals surface area contributed by atoms with Crippen LogP contribution in [0.25, 0.3) is 0 Å². The SMILES string of the molecule is Cn1cc(C(N)C2CCOCC2)nn1. The standard InChI is InChI=1S/C9H16N4O/c1-13-6-8(11-12-13)9(10)7-2-4-14-5-3-7/h6-7,9H,2-5,10H2,1H3. The largest absolute Gasteiger partial charge is 0.381 e. The maximum atomic E-state index is 6.11. The summed E-state index contributed by atoms with van der Waals surface area (Å²) in [7, 11) is 1.85. The molecule has 1 aromatic rings. The molecule has 1 aliphatic rings. The van der Waals surface area contributed by atoms with Gasteiger partial charge in [0, 0.05) is 26.5 Å². The number of hydrogen-bond acceptors (Lipinski definition) is 4. The zero-order chi connectivity index (χ0) is 9.97. The van der Waals surface area contributed by atoms with E-state index in [2.05, 4.69) is 10.3 Å². The molecule has 2 rings (SSSR count). The van der Waals surface area contributed by atoms with Gasteiger partial charge in [-0.05, 0) is 18.8 Å². The Morgan fingerprint density at radius 2 is 2.29 bits per heavy atom. The van der Waals surface area contributed by atoms with Crippen LogP contribution in [0.3, 0.4) is 0 Å². The molecule has 0 amide bonds. The highest BCUT2D eigenvalue weighted by Crippen LogP contribution is 2.26. The van der Waals surface area contributed by atoms with Crippen LogP contribution in [0.4, 0.5) is 0 Å². The Labute approximate surface area is 83.2 Å². The van der Waals surface area contributed by atoms with Crippen molar-refractivity contribution < 1.29 is 4.74 Å². The van der Waals surface area contributed by atoms with Crippen LogP contribution in [-0.2, 0) is 11.8 Å². The number of nitrogens with two attached hydrogens (primary N) is 1. The van der Waals surface area contributed by atoms with Crippen molar-refractivity contribution in [2.45, 2.75) is 18.9 Å². The summed E-state index contributed by atoms with van der Waals surface area (Å²) in [5.41, 5.74) is 7.00. The summed E-state index contributed by atoms with van der Waals surface area (Å²) in [6.45, 7) is 1.64. The van der Waals surface area contributed by atoms with E-state index in [4.69, 9.17) is 10.5 Å². The molecule has 0 aromatic carbocycles. The number of aryl methyl sites for hydroxylation is 1. The van der Waals surface area contributed by atoms with Crippen LogP contribution in [-0.4, -0.2) is 28.2 Å². The van der Waals surface area contributed by atoms with Gasteiger partial charge in [-0.3, -0.25) is 4.68 Å². The second kappa shape index (κ2) is 4.06. The highest BCUT2D eigenvalue weighted by Gasteiger charge is 2.24. The minimum atomic E-state index is 0.00704. The van der Waals surface area contributed by atoms with Crippen LogP contribution in [0.15, 0.2) is 6.20 Å². The van der Waals surface area contributed by atoms with Gasteiger partial charge in [0.25, 0.3) is 0 Å². The van der Waals surface area contributed by atoms with Crippen LogP contribution in [0, 0.1) is 5.92 Å². The van der Waals surface area contributed by atoms with Gasteiger partial charge in [-0.1, -0.05) is 5.21 Å². The molecular formula is C9H16N4O. The van der Waals surface area contributed by atoms with Gasteiger partial charge in [-0.25, -0.2) is 0 Å². The normalized spacial score (nSPS) is 21.0. The molecular weight excluding hydrogens is 180 g/mol. The van der Waals surface area contributed by atoms with Crippen LogP contribution in [0.2, 0.25) is 0 Å². The summed E-state index contributed by atoms with van der Waals surface area (Å²) < 4.78 is 6.98. The van der Waals surface area contributed by atoms with Gasteiger partial charge >= 0.3 is 0 Å². The van der Waals surface area contributed by atoms with E-state index in [1.807, 2.05) is 13.2 Å². The van der Waals surface area contributed by atoms with Gasteiger partial charge in [0.1, 0.15) is 0 Å². The van der Waals surface area contributed by atoms with Crippen molar-refractivity contribution in [3.05, 3.63) is 11.9 Å². The highest BCUT2D eigenvalue weighted by molar-refractivity contribution is 5.01. The molecule has 78 valence electrons. The Balaban J connectivity index is 2.03. The fraction of sp³-hybridized carbons (Fsp3) is 0.778. The molecule has 0 aliphatic carbocycles. The topological polar surface area (TPSA) is 66.0 Å². The second-order valence-electron chi connectivity index (χ2n) is 3.79. The molecule has 0 bridgehead atoms. The molecule has 2 heterocycles. The summed E-state index contributed by atoms with van der Waals surface area (Å²) in [6.07, 6.45) is 3.94. The van der Waals surface area contributed by atoms with Crippen molar-refractivity contribution in [2.24, 2.45) is 18.7 Å². The van der Waals surface area contributed by atoms with Crippen LogP contribution in [0.1, 0.15) is 24.6 Å². The van der Waals surface area contributed by atoms with Crippen molar-refractivity contribution in [3.63, 3.8) is 0 Å². The minimum absolute atomic E-state index is 0.00704. The Kier molecular flexibility index (Phi) is 2.79. The van der Waals surface area contributed by atoms with Gasteiger partial charge in [-0.15, -0.1) is 5.10 Å². The number of nitrogens with zero attached hydrogens (tertiary/aromatic N) is 3. The minimum Gasteiger partial charge on any atom is -0.381 e. The van der Waals surface area contributed by atoms with E-state index >= 15 is 0 Å². The van der Waals surface area contributed by atoms with E-state index in [9.17, 15) is 0 Å². The van der Waals surface area contributed by atoms with Gasteiger partial charge in [-0.2, -0.15) is 0 Å². The summed E-state index contributed by atoms with van der Waals surface area (Å²) in [6, 6.07) is 0.00704. The Hall–Kier alpha value is -0.940. The monoisotopic (exact) mass is 196 g/mol. The third kappa shape index (κ3) is 1.93. The van der Waals surface area contributed by atoms with E-state index in [1.54, 1.807) is 4.68 Å². The fourth-order valence-corrected chi connectivity index (χ4v) is 1.83. The van der Waals surface area contributed by atoms with E-state index in [0.717, 1.165) is 31.7 Å². The van der Waals surface area contributed by atoms with E-state index in [0.29, 0.717) is 5.92 Å². The van der Waals surface area contributed by atoms with Crippen LogP contribution in [0.5, 0.6) is 0 Å². The first-order valence-electron chi connectivity index (χ1n) is 4.97. The average molecular weight is 196 g/mol. The van der Waals surface area contributed by atoms with Crippen molar-refractivity contribution in [3.8, 4) is 0 Å². The quantitative estimate of drug-likeness (QED) is 0.736. The molecule has 2 N–H and O–H groups in total. The second-order valence-corrected chi connectivity index (χ2v) is 3.79. The van der Waals surface area contributed by atoms with Crippen LogP contribution < -0.4 is 5.73 Å². The molecule has 0 spiro atoms. The molecule has 1 unspecified atom stereocenters. The van der Waals surface area contributed by atoms with Crippen molar-refractivity contribution in [1.29, 1.82) is 0 Å². The molecule has 1 aliphatic heterocycles. The number of ether oxygens (including phenoxy) is 1. The van der Waals surface area contributed by atoms with Gasteiger partial charge in [0.15, 0.2) is 0 Å². The third-order valence-electron chi connectivity index (χ3n) is 2.74. The summed E-state index contributed by atoms with van der Waals surface area (Å²) in [5, 5.41) is 7.93. The van der Waals surface area contributed by atoms with E-state index in [1.165, 1.54) is 0 Å². The molecule has 1 saturated heterocycles. The lowest BCUT2D eigenvalue weighted by Crippen LogP contribution is -2.27. The average Bonchev–Trinajstić information content (AvgIpc) is 2.65. The lowest BCUT2D eigenvalue weighted by molar-refractivity contribution is 0.0579. The fourth-order valence-electron chi connectivity index (χ4n) is 1.83. The van der Waals surface area contributed by atoms with Gasteiger partial charge in [0.2, 0.25) is 0 Å². The predicted molar refractivity (Wildman–Crippen MR) is 51.5 cm³/mol. The molecule has 0 saturated carbocycles. The highest BCUT2D eigenvalue weighted by atomic mass is 16.5. The van der Waals surface area contributed by atoms with Gasteiger partial charge < -0.3 is 10.5 Å². The first kappa shape index (κ1) is 9.61. The molecule has 5 heteroatoms. The van der Waals surface area contributed by atoms with Crippen LogP contribution >= 0.6 is 0 Å². The molecule has 5 nitrogen and oxygen atoms in total. The van der Waals surface area contributed by atoms with E-state index < -0.39 is 0 Å². The summed E-state index contributed by atoms with van der Waals surface area (Å²) in [5.74, 6) is 0.487. The number of rotatable bonds is 2. The van der Waals surface area contributed by atoms with Crippen molar-refractivity contribution in [2.75, 3.05) is 13.2 Å². The molecule has 14 heavy (non-hydrogen) atoms. The molecule has 1 aromatic heterocycles. The predicted octanol–water partition coefficient (Wildman–Crippen LogP) is 0.241. The third-order valence-corrected chi connectivity index (χ3v) is 2.74. The number of hydrogen-bond donors (Lipinski definition) is 1. The van der Waals surface area contributed by atoms with Crippen molar-refractivity contribution >= 4 is 0 Å². The van der Waals surface area contributed by atoms with Crippen molar-refractivity contribution in [1.82, 2.24) is 15.0 Å². The molecule has 1 fully saturated rings. The maximum absolute atomic E-state index is 6.11. The van der Waals surface area contributed by atoms with E-state index in [-0.39, 0.29) is 6.04 Å². The first-order valence-corrected chi connectivity index (χ1v) is 4.97. The zero-order valence-electron chi connectivity index (χ0n) is 8.39. The first-order chi connectivity index (χ1) is 6.77. The molecule has 0 radical (unpaired) electrons. The lowest BCUT2D eigenvalue weighted by atomic mass is 9.91. The Morgan fingerprint density at radius 3 is 2.86 bits per heavy atom. The summed E-state index contributed by atoms with van der Waals surface area (Å²) in [4.78, 5) is 0. The Morgan fingerprint density at radius 1 is 1.57 bits per heavy atom. The Bertz CT molecular complexity index is 293. The lowest BCUT2D eigenvalue weighted by Gasteiger charge is -2.26. The smallest absolute Gasteiger partial charge is 0.0996 e.